The second-order valence-corrected chi connectivity index (χ2v) is 7.93. The van der Waals surface area contributed by atoms with Gasteiger partial charge in [-0.15, -0.1) is 0 Å². The largest absolute Gasteiger partial charge is 0.396 e. The van der Waals surface area contributed by atoms with Crippen molar-refractivity contribution in [2.75, 3.05) is 18.5 Å². The van der Waals surface area contributed by atoms with Crippen LogP contribution in [-0.2, 0) is 0 Å². The fourth-order valence-electron chi connectivity index (χ4n) is 5.01. The summed E-state index contributed by atoms with van der Waals surface area (Å²) in [6.07, 6.45) is 6.49. The Balaban J connectivity index is 1.50. The molecule has 2 heterocycles. The number of hydrogen-bond acceptors (Lipinski definition) is 7. The summed E-state index contributed by atoms with van der Waals surface area (Å²) in [5.41, 5.74) is 0.901. The highest BCUT2D eigenvalue weighted by Crippen LogP contribution is 2.60. The Morgan fingerprint density at radius 3 is 2.68 bits per heavy atom. The molecule has 0 radical (unpaired) electrons. The molecule has 3 aliphatic carbocycles. The van der Waals surface area contributed by atoms with Crippen LogP contribution in [0.5, 0.6) is 0 Å². The first-order valence-corrected chi connectivity index (χ1v) is 9.01. The van der Waals surface area contributed by atoms with Crippen molar-refractivity contribution in [1.29, 1.82) is 0 Å². The van der Waals surface area contributed by atoms with Gasteiger partial charge in [0.2, 0.25) is 0 Å². The molecule has 2 aromatic heterocycles. The third-order valence-electron chi connectivity index (χ3n) is 6.49. The molecule has 2 bridgehead atoms. The Bertz CT molecular complexity index is 799. The standard InChI is InChI=1S/C17H23N5O3/c23-5-17(6-24)4-9-3-11(17)14(25)13(9)22-8-20-12-15(21-10-1-2-10)18-7-19-16(12)22/h7-11,13-14,23-25H,1-6H2,(H,18,19,21)/t9-,11-,13-,14+/m1/s1. The number of anilines is 1. The number of rotatable bonds is 5. The maximum atomic E-state index is 10.9. The van der Waals surface area contributed by atoms with Crippen LogP contribution in [0, 0.1) is 17.3 Å². The summed E-state index contributed by atoms with van der Waals surface area (Å²) in [7, 11) is 0. The molecule has 3 saturated carbocycles. The van der Waals surface area contributed by atoms with Crippen LogP contribution in [-0.4, -0.2) is 60.2 Å². The maximum absolute atomic E-state index is 10.9. The van der Waals surface area contributed by atoms with Gasteiger partial charge in [-0.05, 0) is 37.5 Å². The van der Waals surface area contributed by atoms with E-state index in [4.69, 9.17) is 0 Å². The molecule has 3 fully saturated rings. The molecule has 4 N–H and O–H groups in total. The minimum atomic E-state index is -0.620. The van der Waals surface area contributed by atoms with Gasteiger partial charge >= 0.3 is 0 Å². The van der Waals surface area contributed by atoms with Crippen LogP contribution in [0.4, 0.5) is 5.82 Å². The van der Waals surface area contributed by atoms with Crippen LogP contribution in [0.25, 0.3) is 11.2 Å². The lowest BCUT2D eigenvalue weighted by Gasteiger charge is -2.40. The lowest BCUT2D eigenvalue weighted by Crippen LogP contribution is -2.45. The number of nitrogens with zero attached hydrogens (tertiary/aromatic N) is 4. The molecule has 4 atom stereocenters. The number of aromatic nitrogens is 4. The first kappa shape index (κ1) is 15.5. The second-order valence-electron chi connectivity index (χ2n) is 7.93. The number of hydrogen-bond donors (Lipinski definition) is 4. The van der Waals surface area contributed by atoms with Crippen molar-refractivity contribution >= 4 is 17.0 Å². The zero-order valence-electron chi connectivity index (χ0n) is 13.9. The highest BCUT2D eigenvalue weighted by molar-refractivity contribution is 5.83. The Morgan fingerprint density at radius 1 is 1.20 bits per heavy atom. The van der Waals surface area contributed by atoms with Crippen molar-refractivity contribution in [3.05, 3.63) is 12.7 Å². The third kappa shape index (κ3) is 2.14. The van der Waals surface area contributed by atoms with Gasteiger partial charge < -0.3 is 25.2 Å². The predicted octanol–water partition coefficient (Wildman–Crippen LogP) is 0.313. The Labute approximate surface area is 144 Å². The van der Waals surface area contributed by atoms with Crippen molar-refractivity contribution < 1.29 is 15.3 Å². The van der Waals surface area contributed by atoms with E-state index >= 15 is 0 Å². The fraction of sp³-hybridized carbons (Fsp3) is 0.706. The maximum Gasteiger partial charge on any atom is 0.165 e. The van der Waals surface area contributed by atoms with Crippen LogP contribution in [0.2, 0.25) is 0 Å². The molecule has 0 aromatic carbocycles. The molecule has 2 aromatic rings. The summed E-state index contributed by atoms with van der Waals surface area (Å²) in [5, 5.41) is 33.8. The fourth-order valence-corrected chi connectivity index (χ4v) is 5.01. The zero-order valence-corrected chi connectivity index (χ0v) is 13.9. The summed E-state index contributed by atoms with van der Waals surface area (Å²) < 4.78 is 1.96. The second kappa shape index (κ2) is 5.36. The van der Waals surface area contributed by atoms with Gasteiger partial charge in [0, 0.05) is 11.5 Å². The molecule has 0 saturated heterocycles. The van der Waals surface area contributed by atoms with Crippen molar-refractivity contribution in [1.82, 2.24) is 19.5 Å². The first-order valence-electron chi connectivity index (χ1n) is 9.01. The summed E-state index contributed by atoms with van der Waals surface area (Å²) in [4.78, 5) is 13.2. The van der Waals surface area contributed by atoms with Gasteiger partial charge in [-0.25, -0.2) is 15.0 Å². The van der Waals surface area contributed by atoms with Gasteiger partial charge in [-0.3, -0.25) is 0 Å². The molecule has 25 heavy (non-hydrogen) atoms. The molecular formula is C17H23N5O3. The van der Waals surface area contributed by atoms with Crippen molar-refractivity contribution in [3.8, 4) is 0 Å². The summed E-state index contributed by atoms with van der Waals surface area (Å²) >= 11 is 0. The lowest BCUT2D eigenvalue weighted by atomic mass is 9.71. The van der Waals surface area contributed by atoms with Gasteiger partial charge in [0.1, 0.15) is 11.8 Å². The van der Waals surface area contributed by atoms with Crippen LogP contribution < -0.4 is 5.32 Å². The normalized spacial score (nSPS) is 33.2. The molecule has 0 unspecified atom stereocenters. The van der Waals surface area contributed by atoms with E-state index in [-0.39, 0.29) is 31.1 Å². The van der Waals surface area contributed by atoms with Crippen molar-refractivity contribution in [3.63, 3.8) is 0 Å². The highest BCUT2D eigenvalue weighted by atomic mass is 16.3. The van der Waals surface area contributed by atoms with E-state index in [2.05, 4.69) is 20.3 Å². The monoisotopic (exact) mass is 345 g/mol. The number of imidazole rings is 1. The predicted molar refractivity (Wildman–Crippen MR) is 89.8 cm³/mol. The quantitative estimate of drug-likeness (QED) is 0.616. The number of fused-ring (bicyclic) bond motifs is 3. The van der Waals surface area contributed by atoms with Crippen molar-refractivity contribution in [2.45, 2.75) is 43.9 Å². The average Bonchev–Trinajstić information content (AvgIpc) is 3.09. The van der Waals surface area contributed by atoms with Gasteiger partial charge in [-0.2, -0.15) is 0 Å². The van der Waals surface area contributed by atoms with Crippen molar-refractivity contribution in [2.24, 2.45) is 17.3 Å². The van der Waals surface area contributed by atoms with E-state index in [0.717, 1.165) is 36.2 Å². The number of aliphatic hydroxyl groups excluding tert-OH is 3. The van der Waals surface area contributed by atoms with E-state index in [0.29, 0.717) is 12.5 Å². The number of nitrogens with one attached hydrogen (secondary N) is 1. The van der Waals surface area contributed by atoms with Gasteiger partial charge in [0.15, 0.2) is 11.5 Å². The van der Waals surface area contributed by atoms with Gasteiger partial charge in [0.05, 0.1) is 31.7 Å². The summed E-state index contributed by atoms with van der Waals surface area (Å²) in [6, 6.07) is 0.357. The van der Waals surface area contributed by atoms with Crippen LogP contribution in [0.3, 0.4) is 0 Å². The molecule has 5 rings (SSSR count). The Hall–Kier alpha value is -1.77. The molecule has 3 aliphatic rings. The minimum Gasteiger partial charge on any atom is -0.396 e. The van der Waals surface area contributed by atoms with E-state index in [9.17, 15) is 15.3 Å². The van der Waals surface area contributed by atoms with E-state index in [1.54, 1.807) is 6.33 Å². The van der Waals surface area contributed by atoms with Crippen LogP contribution in [0.1, 0.15) is 31.7 Å². The third-order valence-corrected chi connectivity index (χ3v) is 6.49. The summed E-state index contributed by atoms with van der Waals surface area (Å²) in [6.45, 7) is -0.173. The molecule has 0 aliphatic heterocycles. The molecule has 134 valence electrons. The van der Waals surface area contributed by atoms with E-state index in [1.807, 2.05) is 4.57 Å². The highest BCUT2D eigenvalue weighted by Gasteiger charge is 2.60. The van der Waals surface area contributed by atoms with Gasteiger partial charge in [0.25, 0.3) is 0 Å². The van der Waals surface area contributed by atoms with Crippen LogP contribution >= 0.6 is 0 Å². The molecule has 8 nitrogen and oxygen atoms in total. The topological polar surface area (TPSA) is 116 Å². The van der Waals surface area contributed by atoms with Gasteiger partial charge in [-0.1, -0.05) is 0 Å². The molecule has 0 amide bonds. The Kier molecular flexibility index (Phi) is 3.32. The zero-order chi connectivity index (χ0) is 17.2. The average molecular weight is 345 g/mol. The minimum absolute atomic E-state index is 0.0866. The van der Waals surface area contributed by atoms with E-state index in [1.165, 1.54) is 6.33 Å². The molecule has 0 spiro atoms. The molecular weight excluding hydrogens is 322 g/mol. The lowest BCUT2D eigenvalue weighted by molar-refractivity contribution is -0.0645. The molecule has 8 heteroatoms. The number of aliphatic hydroxyl groups is 3. The summed E-state index contributed by atoms with van der Waals surface area (Å²) in [5.74, 6) is 0.858. The first-order chi connectivity index (χ1) is 12.2. The van der Waals surface area contributed by atoms with E-state index < -0.39 is 11.5 Å². The SMILES string of the molecule is OCC1(CO)C[C@H]2C[C@@H]1[C@H](O)[C@@H]2n1cnc2c(NC3CC3)ncnc21. The smallest absolute Gasteiger partial charge is 0.165 e. The van der Waals surface area contributed by atoms with Crippen LogP contribution in [0.15, 0.2) is 12.7 Å². The Morgan fingerprint density at radius 2 is 2.00 bits per heavy atom.